The minimum atomic E-state index is -1.24. The number of nitrogens with zero attached hydrogens (tertiary/aromatic N) is 2. The molecule has 0 saturated heterocycles. The Morgan fingerprint density at radius 2 is 2.09 bits per heavy atom. The van der Waals surface area contributed by atoms with E-state index in [0.29, 0.717) is 12.1 Å². The van der Waals surface area contributed by atoms with E-state index < -0.39 is 5.60 Å². The molecule has 0 saturated carbocycles. The zero-order chi connectivity index (χ0) is 16.2. The number of carbonyl (C=O) groups excluding carboxylic acids is 1. The summed E-state index contributed by atoms with van der Waals surface area (Å²) in [4.78, 5) is 11.8. The Morgan fingerprint density at radius 1 is 1.41 bits per heavy atom. The Hall–Kier alpha value is -2.21. The maximum atomic E-state index is 12.9. The van der Waals surface area contributed by atoms with Gasteiger partial charge in [0.2, 0.25) is 5.91 Å². The second kappa shape index (κ2) is 6.70. The molecule has 0 spiro atoms. The van der Waals surface area contributed by atoms with Gasteiger partial charge in [0.25, 0.3) is 0 Å². The number of carbonyl (C=O) groups is 1. The molecule has 0 aliphatic heterocycles. The van der Waals surface area contributed by atoms with E-state index in [1.54, 1.807) is 17.8 Å². The molecule has 118 valence electrons. The average molecular weight is 305 g/mol. The van der Waals surface area contributed by atoms with Crippen molar-refractivity contribution in [2.24, 2.45) is 0 Å². The van der Waals surface area contributed by atoms with E-state index in [1.165, 1.54) is 24.3 Å². The molecule has 6 heteroatoms. The van der Waals surface area contributed by atoms with Crippen LogP contribution in [0.1, 0.15) is 24.5 Å². The maximum absolute atomic E-state index is 12.9. The SMILES string of the molecule is Cc1cnn(CCC(=O)NCC(C)(O)c2ccc(F)cc2)c1. The van der Waals surface area contributed by atoms with Crippen LogP contribution in [-0.2, 0) is 16.9 Å². The van der Waals surface area contributed by atoms with E-state index in [4.69, 9.17) is 0 Å². The quantitative estimate of drug-likeness (QED) is 0.854. The molecule has 0 aliphatic carbocycles. The van der Waals surface area contributed by atoms with Crippen molar-refractivity contribution < 1.29 is 14.3 Å². The highest BCUT2D eigenvalue weighted by molar-refractivity contribution is 5.75. The summed E-state index contributed by atoms with van der Waals surface area (Å²) in [6.45, 7) is 4.06. The lowest BCUT2D eigenvalue weighted by atomic mass is 9.96. The summed E-state index contributed by atoms with van der Waals surface area (Å²) in [7, 11) is 0. The zero-order valence-corrected chi connectivity index (χ0v) is 12.7. The standard InChI is InChI=1S/C16H20FN3O2/c1-12-9-19-20(10-12)8-7-15(21)18-11-16(2,22)13-3-5-14(17)6-4-13/h3-6,9-10,22H,7-8,11H2,1-2H3,(H,18,21). The van der Waals surface area contributed by atoms with E-state index in [0.717, 1.165) is 5.56 Å². The maximum Gasteiger partial charge on any atom is 0.221 e. The highest BCUT2D eigenvalue weighted by atomic mass is 19.1. The van der Waals surface area contributed by atoms with Gasteiger partial charge in [-0.05, 0) is 37.1 Å². The third-order valence-electron chi connectivity index (χ3n) is 3.43. The van der Waals surface area contributed by atoms with Crippen LogP contribution in [0, 0.1) is 12.7 Å². The number of hydrogen-bond donors (Lipinski definition) is 2. The lowest BCUT2D eigenvalue weighted by Gasteiger charge is -2.24. The first kappa shape index (κ1) is 16.2. The Balaban J connectivity index is 1.83. The first-order valence-corrected chi connectivity index (χ1v) is 7.11. The van der Waals surface area contributed by atoms with Crippen LogP contribution in [0.3, 0.4) is 0 Å². The fourth-order valence-electron chi connectivity index (χ4n) is 2.08. The largest absolute Gasteiger partial charge is 0.384 e. The summed E-state index contributed by atoms with van der Waals surface area (Å²) in [5, 5.41) is 17.2. The second-order valence-electron chi connectivity index (χ2n) is 5.59. The van der Waals surface area contributed by atoms with Crippen LogP contribution in [0.4, 0.5) is 4.39 Å². The number of amides is 1. The fourth-order valence-corrected chi connectivity index (χ4v) is 2.08. The second-order valence-corrected chi connectivity index (χ2v) is 5.59. The van der Waals surface area contributed by atoms with Gasteiger partial charge in [-0.1, -0.05) is 12.1 Å². The smallest absolute Gasteiger partial charge is 0.221 e. The molecule has 1 unspecified atom stereocenters. The topological polar surface area (TPSA) is 67.2 Å². The Labute approximate surface area is 128 Å². The molecule has 0 fully saturated rings. The molecule has 1 aromatic heterocycles. The predicted molar refractivity (Wildman–Crippen MR) is 80.6 cm³/mol. The number of halogens is 1. The molecule has 0 radical (unpaired) electrons. The predicted octanol–water partition coefficient (Wildman–Crippen LogP) is 1.74. The molecule has 1 atom stereocenters. The van der Waals surface area contributed by atoms with Crippen LogP contribution < -0.4 is 5.32 Å². The zero-order valence-electron chi connectivity index (χ0n) is 12.7. The van der Waals surface area contributed by atoms with Crippen LogP contribution in [0.15, 0.2) is 36.7 Å². The van der Waals surface area contributed by atoms with Crippen molar-refractivity contribution in [3.05, 3.63) is 53.6 Å². The molecule has 1 heterocycles. The molecule has 0 bridgehead atoms. The molecule has 0 aliphatic rings. The molecular weight excluding hydrogens is 285 g/mol. The van der Waals surface area contributed by atoms with Gasteiger partial charge >= 0.3 is 0 Å². The first-order chi connectivity index (χ1) is 10.4. The molecular formula is C16H20FN3O2. The lowest BCUT2D eigenvalue weighted by Crippen LogP contribution is -2.38. The van der Waals surface area contributed by atoms with Gasteiger partial charge in [0.05, 0.1) is 12.7 Å². The molecule has 2 aromatic rings. The number of aliphatic hydroxyl groups is 1. The van der Waals surface area contributed by atoms with Crippen molar-refractivity contribution in [1.82, 2.24) is 15.1 Å². The van der Waals surface area contributed by atoms with E-state index in [-0.39, 0.29) is 24.7 Å². The number of aromatic nitrogens is 2. The van der Waals surface area contributed by atoms with E-state index in [1.807, 2.05) is 13.1 Å². The Morgan fingerprint density at radius 3 is 2.68 bits per heavy atom. The number of hydrogen-bond acceptors (Lipinski definition) is 3. The van der Waals surface area contributed by atoms with E-state index in [9.17, 15) is 14.3 Å². The van der Waals surface area contributed by atoms with Crippen LogP contribution >= 0.6 is 0 Å². The highest BCUT2D eigenvalue weighted by Gasteiger charge is 2.23. The number of rotatable bonds is 6. The van der Waals surface area contributed by atoms with Crippen molar-refractivity contribution in [1.29, 1.82) is 0 Å². The van der Waals surface area contributed by atoms with Gasteiger partial charge in [-0.2, -0.15) is 5.10 Å². The van der Waals surface area contributed by atoms with Crippen LogP contribution in [0.2, 0.25) is 0 Å². The van der Waals surface area contributed by atoms with Crippen LogP contribution in [0.25, 0.3) is 0 Å². The summed E-state index contributed by atoms with van der Waals surface area (Å²) in [5.41, 5.74) is 0.350. The molecule has 2 N–H and O–H groups in total. The van der Waals surface area contributed by atoms with Crippen molar-refractivity contribution in [3.8, 4) is 0 Å². The summed E-state index contributed by atoms with van der Waals surface area (Å²) in [6.07, 6.45) is 3.87. The Kier molecular flexibility index (Phi) is 4.92. The van der Waals surface area contributed by atoms with Gasteiger partial charge in [0, 0.05) is 19.2 Å². The third-order valence-corrected chi connectivity index (χ3v) is 3.43. The number of aryl methyl sites for hydroxylation is 2. The van der Waals surface area contributed by atoms with Crippen LogP contribution in [0.5, 0.6) is 0 Å². The van der Waals surface area contributed by atoms with E-state index >= 15 is 0 Å². The van der Waals surface area contributed by atoms with Gasteiger partial charge in [-0.25, -0.2) is 4.39 Å². The minimum Gasteiger partial charge on any atom is -0.384 e. The normalized spacial score (nSPS) is 13.6. The summed E-state index contributed by atoms with van der Waals surface area (Å²) in [6, 6.07) is 5.58. The van der Waals surface area contributed by atoms with Crippen molar-refractivity contribution >= 4 is 5.91 Å². The van der Waals surface area contributed by atoms with Gasteiger partial charge in [-0.3, -0.25) is 9.48 Å². The molecule has 22 heavy (non-hydrogen) atoms. The van der Waals surface area contributed by atoms with Gasteiger partial charge < -0.3 is 10.4 Å². The van der Waals surface area contributed by atoms with Crippen molar-refractivity contribution in [2.45, 2.75) is 32.4 Å². The van der Waals surface area contributed by atoms with Gasteiger partial charge in [0.15, 0.2) is 0 Å². The third kappa shape index (κ3) is 4.39. The average Bonchev–Trinajstić information content (AvgIpc) is 2.89. The van der Waals surface area contributed by atoms with Crippen molar-refractivity contribution in [2.75, 3.05) is 6.54 Å². The molecule has 5 nitrogen and oxygen atoms in total. The Bertz CT molecular complexity index is 635. The van der Waals surface area contributed by atoms with Crippen molar-refractivity contribution in [3.63, 3.8) is 0 Å². The molecule has 1 aromatic carbocycles. The summed E-state index contributed by atoms with van der Waals surface area (Å²) < 4.78 is 14.6. The number of benzene rings is 1. The highest BCUT2D eigenvalue weighted by Crippen LogP contribution is 2.19. The fraction of sp³-hybridized carbons (Fsp3) is 0.375. The number of nitrogens with one attached hydrogen (secondary N) is 1. The molecule has 2 rings (SSSR count). The molecule has 1 amide bonds. The van der Waals surface area contributed by atoms with Gasteiger partial charge in [-0.15, -0.1) is 0 Å². The summed E-state index contributed by atoms with van der Waals surface area (Å²) in [5.74, 6) is -0.534. The minimum absolute atomic E-state index is 0.0651. The monoisotopic (exact) mass is 305 g/mol. The summed E-state index contributed by atoms with van der Waals surface area (Å²) >= 11 is 0. The van der Waals surface area contributed by atoms with Gasteiger partial charge in [0.1, 0.15) is 11.4 Å². The lowest BCUT2D eigenvalue weighted by molar-refractivity contribution is -0.122. The van der Waals surface area contributed by atoms with Crippen LogP contribution in [-0.4, -0.2) is 27.3 Å². The first-order valence-electron chi connectivity index (χ1n) is 7.11. The van der Waals surface area contributed by atoms with E-state index in [2.05, 4.69) is 10.4 Å².